The third-order valence-corrected chi connectivity index (χ3v) is 4.69. The van der Waals surface area contributed by atoms with E-state index in [1.165, 1.54) is 11.3 Å². The maximum Gasteiger partial charge on any atom is 0.263 e. The van der Waals surface area contributed by atoms with E-state index in [1.54, 1.807) is 0 Å². The quantitative estimate of drug-likeness (QED) is 0.862. The summed E-state index contributed by atoms with van der Waals surface area (Å²) in [6.07, 6.45) is 0. The molecule has 1 unspecified atom stereocenters. The summed E-state index contributed by atoms with van der Waals surface area (Å²) in [6, 6.07) is 5.77. The van der Waals surface area contributed by atoms with Crippen molar-refractivity contribution in [3.8, 4) is 0 Å². The molecule has 108 valence electrons. The number of rotatable bonds is 5. The van der Waals surface area contributed by atoms with Crippen molar-refractivity contribution in [3.05, 3.63) is 27.5 Å². The first-order chi connectivity index (χ1) is 9.54. The number of nitrogens with two attached hydrogens (primary N) is 1. The smallest absolute Gasteiger partial charge is 0.263 e. The van der Waals surface area contributed by atoms with E-state index in [0.717, 1.165) is 14.6 Å². The number of halogens is 1. The highest BCUT2D eigenvalue weighted by molar-refractivity contribution is 9.10. The van der Waals surface area contributed by atoms with Gasteiger partial charge in [0.15, 0.2) is 0 Å². The molecule has 4 nitrogen and oxygen atoms in total. The second-order valence-electron chi connectivity index (χ2n) is 4.49. The third-order valence-electron chi connectivity index (χ3n) is 2.86. The van der Waals surface area contributed by atoms with Gasteiger partial charge in [0.25, 0.3) is 5.91 Å². The Balaban J connectivity index is 2.22. The largest absolute Gasteiger partial charge is 0.397 e. The Kier molecular flexibility index (Phi) is 5.01. The first kappa shape index (κ1) is 15.3. The number of ether oxygens (including phenoxy) is 1. The van der Waals surface area contributed by atoms with Crippen LogP contribution in [-0.4, -0.2) is 25.2 Å². The second-order valence-corrected chi connectivity index (χ2v) is 6.40. The predicted molar refractivity (Wildman–Crippen MR) is 87.4 cm³/mol. The molecule has 0 bridgehead atoms. The number of carbonyl (C=O) groups excluding carboxylic acids is 1. The zero-order valence-corrected chi connectivity index (χ0v) is 13.8. The third kappa shape index (κ3) is 3.13. The number of nitrogen functional groups attached to an aromatic ring is 1. The number of amides is 1. The molecule has 1 aromatic heterocycles. The summed E-state index contributed by atoms with van der Waals surface area (Å²) >= 11 is 4.87. The lowest BCUT2D eigenvalue weighted by Crippen LogP contribution is -2.35. The molecule has 0 spiro atoms. The van der Waals surface area contributed by atoms with Gasteiger partial charge in [0.1, 0.15) is 4.88 Å². The Morgan fingerprint density at radius 2 is 2.30 bits per heavy atom. The van der Waals surface area contributed by atoms with E-state index < -0.39 is 0 Å². The van der Waals surface area contributed by atoms with Gasteiger partial charge in [-0.25, -0.2) is 0 Å². The van der Waals surface area contributed by atoms with E-state index in [1.807, 2.05) is 32.0 Å². The molecule has 1 heterocycles. The van der Waals surface area contributed by atoms with Crippen molar-refractivity contribution in [2.75, 3.05) is 18.9 Å². The average Bonchev–Trinajstić information content (AvgIpc) is 2.75. The molecule has 0 aliphatic heterocycles. The zero-order chi connectivity index (χ0) is 14.7. The molecule has 1 atom stereocenters. The topological polar surface area (TPSA) is 64.3 Å². The number of nitrogens with one attached hydrogen (secondary N) is 1. The lowest BCUT2D eigenvalue weighted by molar-refractivity contribution is 0.0876. The standard InChI is InChI=1S/C14H17BrN2O2S/c1-3-19-7-8(2)17-14(18)13-12(16)11-9(15)5-4-6-10(11)20-13/h4-6,8H,3,7,16H2,1-2H3,(H,17,18). The van der Waals surface area contributed by atoms with Crippen molar-refractivity contribution in [2.45, 2.75) is 19.9 Å². The molecular weight excluding hydrogens is 340 g/mol. The minimum absolute atomic E-state index is 0.0458. The molecule has 1 amide bonds. The molecule has 0 aliphatic rings. The molecule has 0 fully saturated rings. The first-order valence-electron chi connectivity index (χ1n) is 6.39. The number of carbonyl (C=O) groups is 1. The summed E-state index contributed by atoms with van der Waals surface area (Å²) in [5, 5.41) is 3.81. The van der Waals surface area contributed by atoms with Crippen LogP contribution in [0.2, 0.25) is 0 Å². The van der Waals surface area contributed by atoms with Gasteiger partial charge < -0.3 is 15.8 Å². The summed E-state index contributed by atoms with van der Waals surface area (Å²) in [5.41, 5.74) is 6.63. The van der Waals surface area contributed by atoms with Crippen molar-refractivity contribution in [2.24, 2.45) is 0 Å². The Morgan fingerprint density at radius 1 is 1.55 bits per heavy atom. The highest BCUT2D eigenvalue weighted by atomic mass is 79.9. The minimum Gasteiger partial charge on any atom is -0.397 e. The highest BCUT2D eigenvalue weighted by Crippen LogP contribution is 2.38. The van der Waals surface area contributed by atoms with Gasteiger partial charge in [0, 0.05) is 27.2 Å². The van der Waals surface area contributed by atoms with Crippen LogP contribution in [0.25, 0.3) is 10.1 Å². The van der Waals surface area contributed by atoms with Crippen molar-refractivity contribution in [1.29, 1.82) is 0 Å². The molecule has 0 saturated carbocycles. The number of anilines is 1. The Labute approximate surface area is 130 Å². The number of fused-ring (bicyclic) bond motifs is 1. The van der Waals surface area contributed by atoms with E-state index in [4.69, 9.17) is 10.5 Å². The van der Waals surface area contributed by atoms with Crippen LogP contribution in [-0.2, 0) is 4.74 Å². The maximum atomic E-state index is 12.3. The SMILES string of the molecule is CCOCC(C)NC(=O)c1sc2cccc(Br)c2c1N. The lowest BCUT2D eigenvalue weighted by Gasteiger charge is -2.13. The van der Waals surface area contributed by atoms with Gasteiger partial charge in [-0.05, 0) is 26.0 Å². The van der Waals surface area contributed by atoms with Crippen molar-refractivity contribution >= 4 is 48.9 Å². The van der Waals surface area contributed by atoms with Crippen LogP contribution in [0.15, 0.2) is 22.7 Å². The predicted octanol–water partition coefficient (Wildman–Crippen LogP) is 3.40. The summed E-state index contributed by atoms with van der Waals surface area (Å²) in [4.78, 5) is 12.8. The van der Waals surface area contributed by atoms with Crippen LogP contribution in [0.5, 0.6) is 0 Å². The lowest BCUT2D eigenvalue weighted by atomic mass is 10.2. The monoisotopic (exact) mass is 356 g/mol. The summed E-state index contributed by atoms with van der Waals surface area (Å²) in [6.45, 7) is 4.97. The summed E-state index contributed by atoms with van der Waals surface area (Å²) in [5.74, 6) is -0.150. The fourth-order valence-corrected chi connectivity index (χ4v) is 3.69. The molecule has 2 aromatic rings. The minimum atomic E-state index is -0.150. The zero-order valence-electron chi connectivity index (χ0n) is 11.4. The summed E-state index contributed by atoms with van der Waals surface area (Å²) in [7, 11) is 0. The van der Waals surface area contributed by atoms with E-state index in [9.17, 15) is 4.79 Å². The molecule has 20 heavy (non-hydrogen) atoms. The Bertz CT molecular complexity index is 627. The molecule has 3 N–H and O–H groups in total. The average molecular weight is 357 g/mol. The molecule has 1 aromatic carbocycles. The second kappa shape index (κ2) is 6.56. The van der Waals surface area contributed by atoms with Gasteiger partial charge in [0.05, 0.1) is 12.3 Å². The molecule has 0 radical (unpaired) electrons. The van der Waals surface area contributed by atoms with Crippen molar-refractivity contribution < 1.29 is 9.53 Å². The van der Waals surface area contributed by atoms with Gasteiger partial charge in [-0.15, -0.1) is 11.3 Å². The summed E-state index contributed by atoms with van der Waals surface area (Å²) < 4.78 is 7.20. The fourth-order valence-electron chi connectivity index (χ4n) is 1.92. The maximum absolute atomic E-state index is 12.3. The van der Waals surface area contributed by atoms with Crippen LogP contribution in [0.4, 0.5) is 5.69 Å². The van der Waals surface area contributed by atoms with E-state index >= 15 is 0 Å². The van der Waals surface area contributed by atoms with Gasteiger partial charge in [0.2, 0.25) is 0 Å². The van der Waals surface area contributed by atoms with Crippen LogP contribution in [0.1, 0.15) is 23.5 Å². The van der Waals surface area contributed by atoms with E-state index in [2.05, 4.69) is 21.2 Å². The Hall–Kier alpha value is -1.11. The number of hydrogen-bond donors (Lipinski definition) is 2. The van der Waals surface area contributed by atoms with Crippen LogP contribution >= 0.6 is 27.3 Å². The number of hydrogen-bond acceptors (Lipinski definition) is 4. The molecule has 6 heteroatoms. The van der Waals surface area contributed by atoms with Crippen LogP contribution in [0, 0.1) is 0 Å². The van der Waals surface area contributed by atoms with Gasteiger partial charge in [-0.2, -0.15) is 0 Å². The fraction of sp³-hybridized carbons (Fsp3) is 0.357. The Morgan fingerprint density at radius 3 is 2.95 bits per heavy atom. The first-order valence-corrected chi connectivity index (χ1v) is 8.00. The highest BCUT2D eigenvalue weighted by Gasteiger charge is 2.19. The normalized spacial score (nSPS) is 12.6. The van der Waals surface area contributed by atoms with Gasteiger partial charge in [-0.1, -0.05) is 22.0 Å². The van der Waals surface area contributed by atoms with E-state index in [0.29, 0.717) is 23.8 Å². The van der Waals surface area contributed by atoms with Crippen LogP contribution in [0.3, 0.4) is 0 Å². The number of benzene rings is 1. The molecule has 2 rings (SSSR count). The molecule has 0 saturated heterocycles. The molecule has 0 aliphatic carbocycles. The van der Waals surface area contributed by atoms with Gasteiger partial charge >= 0.3 is 0 Å². The van der Waals surface area contributed by atoms with E-state index in [-0.39, 0.29) is 11.9 Å². The van der Waals surface area contributed by atoms with Gasteiger partial charge in [-0.3, -0.25) is 4.79 Å². The van der Waals surface area contributed by atoms with Crippen LogP contribution < -0.4 is 11.1 Å². The molecular formula is C14H17BrN2O2S. The number of thiophene rings is 1. The van der Waals surface area contributed by atoms with Crippen molar-refractivity contribution in [1.82, 2.24) is 5.32 Å². The van der Waals surface area contributed by atoms with Crippen molar-refractivity contribution in [3.63, 3.8) is 0 Å².